The zero-order valence-electron chi connectivity index (χ0n) is 13.3. The molecule has 1 aromatic heterocycles. The number of aryl methyl sites for hydroxylation is 2. The topological polar surface area (TPSA) is 68.3 Å². The number of carbonyl (C=O) groups is 2. The van der Waals surface area contributed by atoms with Gasteiger partial charge in [-0.15, -0.1) is 11.8 Å². The minimum Gasteiger partial charge on any atom is -0.455 e. The van der Waals surface area contributed by atoms with Gasteiger partial charge in [-0.3, -0.25) is 9.59 Å². The minimum absolute atomic E-state index is 0.144. The van der Waals surface area contributed by atoms with Gasteiger partial charge < -0.3 is 10.1 Å². The zero-order valence-corrected chi connectivity index (χ0v) is 14.9. The van der Waals surface area contributed by atoms with E-state index in [2.05, 4.69) is 16.4 Å². The van der Waals surface area contributed by atoms with E-state index in [-0.39, 0.29) is 17.5 Å². The summed E-state index contributed by atoms with van der Waals surface area (Å²) in [5, 5.41) is 2.72. The van der Waals surface area contributed by atoms with E-state index in [1.165, 1.54) is 23.5 Å². The third kappa shape index (κ3) is 5.54. The molecule has 0 atom stereocenters. The largest absolute Gasteiger partial charge is 0.455 e. The van der Waals surface area contributed by atoms with E-state index >= 15 is 0 Å². The van der Waals surface area contributed by atoms with Gasteiger partial charge in [0.15, 0.2) is 11.8 Å². The number of halogens is 1. The Morgan fingerprint density at radius 3 is 2.79 bits per heavy atom. The van der Waals surface area contributed by atoms with Gasteiger partial charge in [0.25, 0.3) is 5.91 Å². The van der Waals surface area contributed by atoms with Crippen molar-refractivity contribution in [2.24, 2.45) is 0 Å². The van der Waals surface area contributed by atoms with E-state index in [1.807, 2.05) is 26.0 Å². The first-order valence-corrected chi connectivity index (χ1v) is 8.58. The number of hydrogen-bond donors (Lipinski definition) is 1. The van der Waals surface area contributed by atoms with Crippen LogP contribution < -0.4 is 5.32 Å². The molecule has 24 heavy (non-hydrogen) atoms. The number of anilines is 1. The van der Waals surface area contributed by atoms with E-state index in [1.54, 1.807) is 12.1 Å². The van der Waals surface area contributed by atoms with Gasteiger partial charge in [0.2, 0.25) is 0 Å². The monoisotopic (exact) mass is 364 g/mol. The zero-order chi connectivity index (χ0) is 17.5. The number of pyridine rings is 1. The molecule has 0 saturated heterocycles. The number of aromatic nitrogens is 1. The van der Waals surface area contributed by atoms with Crippen LogP contribution in [0.3, 0.4) is 0 Å². The molecule has 0 spiro atoms. The van der Waals surface area contributed by atoms with Gasteiger partial charge in [0, 0.05) is 11.1 Å². The molecule has 0 saturated carbocycles. The number of esters is 1. The maximum atomic E-state index is 11.8. The molecule has 5 nitrogen and oxygen atoms in total. The summed E-state index contributed by atoms with van der Waals surface area (Å²) < 4.78 is 4.97. The summed E-state index contributed by atoms with van der Waals surface area (Å²) in [4.78, 5) is 28.4. The first-order chi connectivity index (χ1) is 11.5. The van der Waals surface area contributed by atoms with Crippen molar-refractivity contribution in [3.8, 4) is 0 Å². The molecule has 0 bridgehead atoms. The van der Waals surface area contributed by atoms with Gasteiger partial charge in [-0.2, -0.15) is 0 Å². The van der Waals surface area contributed by atoms with Crippen molar-refractivity contribution >= 4 is 40.9 Å². The van der Waals surface area contributed by atoms with Gasteiger partial charge in [0.05, 0.1) is 11.4 Å². The van der Waals surface area contributed by atoms with Crippen molar-refractivity contribution in [1.82, 2.24) is 4.98 Å². The molecule has 0 aliphatic carbocycles. The predicted molar refractivity (Wildman–Crippen MR) is 95.5 cm³/mol. The molecule has 2 aromatic rings. The van der Waals surface area contributed by atoms with E-state index in [0.717, 1.165) is 10.5 Å². The molecule has 1 aromatic carbocycles. The quantitative estimate of drug-likeness (QED) is 0.481. The molecular weight excluding hydrogens is 348 g/mol. The standard InChI is InChI=1S/C17H17ClN2O3S/c1-11-5-6-14(12(2)8-11)24-10-16(22)23-9-15(21)20-13-4-3-7-19-17(13)18/h3-8H,9-10H2,1-2H3,(H,20,21). The van der Waals surface area contributed by atoms with E-state index < -0.39 is 11.9 Å². The van der Waals surface area contributed by atoms with Gasteiger partial charge in [-0.05, 0) is 37.6 Å². The highest BCUT2D eigenvalue weighted by atomic mass is 35.5. The average Bonchev–Trinajstić information content (AvgIpc) is 2.54. The normalized spacial score (nSPS) is 10.3. The molecule has 7 heteroatoms. The van der Waals surface area contributed by atoms with Crippen LogP contribution in [-0.2, 0) is 14.3 Å². The highest BCUT2D eigenvalue weighted by Crippen LogP contribution is 2.23. The number of benzene rings is 1. The maximum absolute atomic E-state index is 11.8. The van der Waals surface area contributed by atoms with Gasteiger partial charge >= 0.3 is 5.97 Å². The van der Waals surface area contributed by atoms with E-state index in [9.17, 15) is 9.59 Å². The van der Waals surface area contributed by atoms with Gasteiger partial charge in [-0.25, -0.2) is 4.98 Å². The fourth-order valence-corrected chi connectivity index (χ4v) is 2.93. The maximum Gasteiger partial charge on any atom is 0.316 e. The second kappa shape index (κ2) is 8.70. The molecular formula is C17H17ClN2O3S. The molecule has 2 rings (SSSR count). The first kappa shape index (κ1) is 18.3. The minimum atomic E-state index is -0.463. The van der Waals surface area contributed by atoms with Crippen molar-refractivity contribution in [2.75, 3.05) is 17.7 Å². The van der Waals surface area contributed by atoms with Crippen molar-refractivity contribution < 1.29 is 14.3 Å². The first-order valence-electron chi connectivity index (χ1n) is 7.22. The summed E-state index contributed by atoms with van der Waals surface area (Å²) >= 11 is 7.22. The summed E-state index contributed by atoms with van der Waals surface area (Å²) in [7, 11) is 0. The molecule has 1 N–H and O–H groups in total. The van der Waals surface area contributed by atoms with E-state index in [4.69, 9.17) is 16.3 Å². The van der Waals surface area contributed by atoms with Crippen LogP contribution in [0.25, 0.3) is 0 Å². The summed E-state index contributed by atoms with van der Waals surface area (Å²) in [6.07, 6.45) is 1.52. The van der Waals surface area contributed by atoms with Crippen LogP contribution in [0.2, 0.25) is 5.15 Å². The molecule has 0 aliphatic rings. The highest BCUT2D eigenvalue weighted by molar-refractivity contribution is 8.00. The van der Waals surface area contributed by atoms with Crippen LogP contribution in [0.15, 0.2) is 41.4 Å². The Kier molecular flexibility index (Phi) is 6.63. The Bertz CT molecular complexity index is 752. The number of rotatable bonds is 6. The molecule has 0 aliphatic heterocycles. The fraction of sp³-hybridized carbons (Fsp3) is 0.235. The number of ether oxygens (including phenoxy) is 1. The summed E-state index contributed by atoms with van der Waals surface area (Å²) in [5.41, 5.74) is 2.66. The lowest BCUT2D eigenvalue weighted by Crippen LogP contribution is -2.21. The highest BCUT2D eigenvalue weighted by Gasteiger charge is 2.11. The lowest BCUT2D eigenvalue weighted by molar-refractivity contribution is -0.144. The van der Waals surface area contributed by atoms with Crippen molar-refractivity contribution in [3.63, 3.8) is 0 Å². The lowest BCUT2D eigenvalue weighted by atomic mass is 10.2. The van der Waals surface area contributed by atoms with Crippen molar-refractivity contribution in [1.29, 1.82) is 0 Å². The van der Waals surface area contributed by atoms with Crippen molar-refractivity contribution in [3.05, 3.63) is 52.8 Å². The summed E-state index contributed by atoms with van der Waals surface area (Å²) in [5.74, 6) is -0.771. The Morgan fingerprint density at radius 2 is 2.08 bits per heavy atom. The number of amides is 1. The summed E-state index contributed by atoms with van der Waals surface area (Å²) in [6, 6.07) is 9.28. The second-order valence-corrected chi connectivity index (χ2v) is 6.48. The third-order valence-electron chi connectivity index (χ3n) is 3.07. The lowest BCUT2D eigenvalue weighted by Gasteiger charge is -2.08. The number of carbonyl (C=O) groups excluding carboxylic acids is 2. The average molecular weight is 365 g/mol. The Hall–Kier alpha value is -2.05. The molecule has 126 valence electrons. The SMILES string of the molecule is Cc1ccc(SCC(=O)OCC(=O)Nc2cccnc2Cl)c(C)c1. The Balaban J connectivity index is 1.76. The van der Waals surface area contributed by atoms with Crippen LogP contribution in [0.4, 0.5) is 5.69 Å². The third-order valence-corrected chi connectivity index (χ3v) is 4.52. The smallest absolute Gasteiger partial charge is 0.316 e. The van der Waals surface area contributed by atoms with Crippen LogP contribution in [0.1, 0.15) is 11.1 Å². The summed E-state index contributed by atoms with van der Waals surface area (Å²) in [6.45, 7) is 3.64. The second-order valence-electron chi connectivity index (χ2n) is 5.11. The van der Waals surface area contributed by atoms with Gasteiger partial charge in [-0.1, -0.05) is 29.3 Å². The molecule has 0 unspecified atom stereocenters. The number of thioether (sulfide) groups is 1. The van der Waals surface area contributed by atoms with Crippen molar-refractivity contribution in [2.45, 2.75) is 18.7 Å². The number of nitrogens with zero attached hydrogens (tertiary/aromatic N) is 1. The van der Waals surface area contributed by atoms with Crippen LogP contribution >= 0.6 is 23.4 Å². The molecule has 0 fully saturated rings. The predicted octanol–water partition coefficient (Wildman–Crippen LogP) is 3.63. The number of nitrogens with one attached hydrogen (secondary N) is 1. The Labute approximate surface area is 149 Å². The molecule has 1 heterocycles. The number of hydrogen-bond acceptors (Lipinski definition) is 5. The fourth-order valence-electron chi connectivity index (χ4n) is 1.95. The van der Waals surface area contributed by atoms with Gasteiger partial charge in [0.1, 0.15) is 0 Å². The Morgan fingerprint density at radius 1 is 1.29 bits per heavy atom. The molecule has 1 amide bonds. The van der Waals surface area contributed by atoms with Crippen LogP contribution in [0, 0.1) is 13.8 Å². The van der Waals surface area contributed by atoms with Crippen LogP contribution in [-0.4, -0.2) is 29.2 Å². The molecule has 0 radical (unpaired) electrons. The van der Waals surface area contributed by atoms with E-state index in [0.29, 0.717) is 5.69 Å². The van der Waals surface area contributed by atoms with Crippen LogP contribution in [0.5, 0.6) is 0 Å².